The Labute approximate surface area is 206 Å². The molecule has 0 radical (unpaired) electrons. The van der Waals surface area contributed by atoms with Crippen molar-refractivity contribution in [1.29, 1.82) is 0 Å². The monoisotopic (exact) mass is 472 g/mol. The molecule has 182 valence electrons. The van der Waals surface area contributed by atoms with E-state index < -0.39 is 0 Å². The first kappa shape index (κ1) is 25.6. The van der Waals surface area contributed by atoms with Gasteiger partial charge in [0.25, 0.3) is 0 Å². The van der Waals surface area contributed by atoms with E-state index in [0.717, 1.165) is 5.56 Å². The second kappa shape index (κ2) is 13.7. The van der Waals surface area contributed by atoms with Crippen molar-refractivity contribution in [2.45, 2.75) is 6.92 Å². The van der Waals surface area contributed by atoms with Crippen LogP contribution in [0.1, 0.15) is 22.3 Å². The summed E-state index contributed by atoms with van der Waals surface area (Å²) in [5.41, 5.74) is 3.15. The van der Waals surface area contributed by atoms with E-state index in [1.165, 1.54) is 0 Å². The van der Waals surface area contributed by atoms with E-state index in [0.29, 0.717) is 56.0 Å². The molecule has 7 heteroatoms. The van der Waals surface area contributed by atoms with Crippen molar-refractivity contribution in [1.82, 2.24) is 4.90 Å². The van der Waals surface area contributed by atoms with Gasteiger partial charge in [-0.2, -0.15) is 0 Å². The van der Waals surface area contributed by atoms with Gasteiger partial charge in [-0.25, -0.2) is 0 Å². The average molecular weight is 473 g/mol. The molecule has 0 aliphatic rings. The normalized spacial score (nSPS) is 11.9. The molecule has 0 amide bonds. The highest BCUT2D eigenvalue weighted by Crippen LogP contribution is 2.16. The molecule has 3 aromatic carbocycles. The first-order valence-corrected chi connectivity index (χ1v) is 11.6. The first-order valence-electron chi connectivity index (χ1n) is 11.6. The lowest BCUT2D eigenvalue weighted by molar-refractivity contribution is 0.298. The molecular weight excluding hydrogens is 440 g/mol. The van der Waals surface area contributed by atoms with Gasteiger partial charge in [0.15, 0.2) is 0 Å². The van der Waals surface area contributed by atoms with Crippen LogP contribution in [0, 0.1) is 6.92 Å². The summed E-state index contributed by atoms with van der Waals surface area (Å²) in [7, 11) is 0. The van der Waals surface area contributed by atoms with Crippen LogP contribution in [0.2, 0.25) is 0 Å². The Hall–Kier alpha value is -3.97. The number of phenolic OH excluding ortho intramolecular Hbond substituents is 3. The number of aliphatic imine (C=N–C) groups is 3. The van der Waals surface area contributed by atoms with E-state index in [4.69, 9.17) is 0 Å². The third-order valence-electron chi connectivity index (χ3n) is 5.38. The van der Waals surface area contributed by atoms with Crippen LogP contribution in [0.4, 0.5) is 0 Å². The molecule has 0 bridgehead atoms. The van der Waals surface area contributed by atoms with Crippen molar-refractivity contribution >= 4 is 18.6 Å². The number of para-hydroxylation sites is 2. The van der Waals surface area contributed by atoms with Gasteiger partial charge >= 0.3 is 0 Å². The Morgan fingerprint density at radius 1 is 0.600 bits per heavy atom. The summed E-state index contributed by atoms with van der Waals surface area (Å²) in [6.45, 7) is 5.81. The largest absolute Gasteiger partial charge is 0.507 e. The summed E-state index contributed by atoms with van der Waals surface area (Å²) in [4.78, 5) is 15.6. The molecule has 0 fully saturated rings. The molecule has 0 saturated carbocycles. The molecule has 0 spiro atoms. The van der Waals surface area contributed by atoms with Gasteiger partial charge in [0.05, 0.1) is 19.6 Å². The minimum absolute atomic E-state index is 0.209. The lowest BCUT2D eigenvalue weighted by Gasteiger charge is -2.19. The number of aromatic hydroxyl groups is 3. The Morgan fingerprint density at radius 2 is 1.03 bits per heavy atom. The van der Waals surface area contributed by atoms with Crippen LogP contribution in [0.3, 0.4) is 0 Å². The summed E-state index contributed by atoms with van der Waals surface area (Å²) in [6, 6.07) is 19.6. The van der Waals surface area contributed by atoms with Crippen molar-refractivity contribution in [2.24, 2.45) is 15.0 Å². The Kier molecular flexibility index (Phi) is 10.0. The number of nitrogens with zero attached hydrogens (tertiary/aromatic N) is 4. The number of phenols is 3. The van der Waals surface area contributed by atoms with Crippen LogP contribution in [0.25, 0.3) is 0 Å². The van der Waals surface area contributed by atoms with Crippen LogP contribution in [-0.2, 0) is 0 Å². The topological polar surface area (TPSA) is 101 Å². The standard InChI is InChI=1S/C28H32N4O3/c1-22-10-11-28(35)25(18-22)21-31-14-17-32(15-12-29-19-23-6-2-4-8-26(23)33)16-13-30-20-24-7-3-5-9-27(24)34/h2-11,18-21,33-35H,12-17H2,1H3. The van der Waals surface area contributed by atoms with E-state index in [9.17, 15) is 15.3 Å². The van der Waals surface area contributed by atoms with Crippen molar-refractivity contribution in [3.63, 3.8) is 0 Å². The summed E-state index contributed by atoms with van der Waals surface area (Å²) >= 11 is 0. The van der Waals surface area contributed by atoms with Gasteiger partial charge in [-0.05, 0) is 43.3 Å². The molecule has 3 N–H and O–H groups in total. The van der Waals surface area contributed by atoms with Crippen LogP contribution in [0.5, 0.6) is 17.2 Å². The molecule has 0 aromatic heterocycles. The predicted octanol–water partition coefficient (Wildman–Crippen LogP) is 4.07. The quantitative estimate of drug-likeness (QED) is 0.346. The van der Waals surface area contributed by atoms with Gasteiger partial charge in [-0.15, -0.1) is 0 Å². The molecule has 3 rings (SSSR count). The smallest absolute Gasteiger partial charge is 0.124 e. The molecule has 0 saturated heterocycles. The highest BCUT2D eigenvalue weighted by Gasteiger charge is 2.04. The summed E-state index contributed by atoms with van der Waals surface area (Å²) in [6.07, 6.45) is 5.07. The number of rotatable bonds is 12. The minimum Gasteiger partial charge on any atom is -0.507 e. The minimum atomic E-state index is 0.209. The Bertz CT molecular complexity index is 1110. The van der Waals surface area contributed by atoms with E-state index in [-0.39, 0.29) is 17.2 Å². The number of hydrogen-bond acceptors (Lipinski definition) is 7. The van der Waals surface area contributed by atoms with Gasteiger partial charge in [0, 0.05) is 55.0 Å². The van der Waals surface area contributed by atoms with E-state index in [1.54, 1.807) is 49.0 Å². The SMILES string of the molecule is Cc1ccc(O)c(C=NCCN(CCN=Cc2ccccc2O)CCN=Cc2ccccc2O)c1. The van der Waals surface area contributed by atoms with Crippen LogP contribution < -0.4 is 0 Å². The highest BCUT2D eigenvalue weighted by atomic mass is 16.3. The molecule has 7 nitrogen and oxygen atoms in total. The molecule has 35 heavy (non-hydrogen) atoms. The van der Waals surface area contributed by atoms with Crippen molar-refractivity contribution in [3.8, 4) is 17.2 Å². The highest BCUT2D eigenvalue weighted by molar-refractivity contribution is 5.84. The maximum absolute atomic E-state index is 9.99. The zero-order chi connectivity index (χ0) is 24.9. The van der Waals surface area contributed by atoms with Gasteiger partial charge < -0.3 is 15.3 Å². The number of benzene rings is 3. The molecular formula is C28H32N4O3. The van der Waals surface area contributed by atoms with E-state index in [2.05, 4.69) is 19.9 Å². The lowest BCUT2D eigenvalue weighted by Crippen LogP contribution is -2.31. The third-order valence-corrected chi connectivity index (χ3v) is 5.38. The summed E-state index contributed by atoms with van der Waals surface area (Å²) in [5, 5.41) is 29.7. The van der Waals surface area contributed by atoms with Crippen LogP contribution in [0.15, 0.2) is 81.7 Å². The fourth-order valence-corrected chi connectivity index (χ4v) is 3.39. The summed E-state index contributed by atoms with van der Waals surface area (Å²) < 4.78 is 0. The zero-order valence-corrected chi connectivity index (χ0v) is 20.0. The lowest BCUT2D eigenvalue weighted by atomic mass is 10.1. The zero-order valence-electron chi connectivity index (χ0n) is 20.0. The molecule has 0 atom stereocenters. The first-order chi connectivity index (χ1) is 17.0. The molecule has 0 heterocycles. The molecule has 3 aromatic rings. The predicted molar refractivity (Wildman–Crippen MR) is 143 cm³/mol. The molecule has 0 unspecified atom stereocenters. The van der Waals surface area contributed by atoms with Crippen molar-refractivity contribution in [2.75, 3.05) is 39.3 Å². The van der Waals surface area contributed by atoms with Gasteiger partial charge in [-0.1, -0.05) is 35.9 Å². The van der Waals surface area contributed by atoms with Crippen molar-refractivity contribution in [3.05, 3.63) is 89.0 Å². The fraction of sp³-hybridized carbons (Fsp3) is 0.250. The van der Waals surface area contributed by atoms with E-state index >= 15 is 0 Å². The van der Waals surface area contributed by atoms with Gasteiger partial charge in [0.2, 0.25) is 0 Å². The van der Waals surface area contributed by atoms with Crippen LogP contribution in [-0.4, -0.2) is 78.1 Å². The number of aryl methyl sites for hydroxylation is 1. The second-order valence-corrected chi connectivity index (χ2v) is 8.13. The summed E-state index contributed by atoms with van der Waals surface area (Å²) in [5.74, 6) is 0.633. The number of hydrogen-bond donors (Lipinski definition) is 3. The molecule has 0 aliphatic heterocycles. The van der Waals surface area contributed by atoms with E-state index in [1.807, 2.05) is 43.3 Å². The maximum Gasteiger partial charge on any atom is 0.124 e. The molecule has 0 aliphatic carbocycles. The van der Waals surface area contributed by atoms with Crippen molar-refractivity contribution < 1.29 is 15.3 Å². The fourth-order valence-electron chi connectivity index (χ4n) is 3.39. The second-order valence-electron chi connectivity index (χ2n) is 8.13. The van der Waals surface area contributed by atoms with Gasteiger partial charge in [-0.3, -0.25) is 19.9 Å². The Morgan fingerprint density at radius 3 is 1.51 bits per heavy atom. The third kappa shape index (κ3) is 8.72. The van der Waals surface area contributed by atoms with Gasteiger partial charge in [0.1, 0.15) is 17.2 Å². The Balaban J connectivity index is 1.55. The van der Waals surface area contributed by atoms with Crippen LogP contribution >= 0.6 is 0 Å². The maximum atomic E-state index is 9.99. The average Bonchev–Trinajstić information content (AvgIpc) is 2.85.